The van der Waals surface area contributed by atoms with Crippen LogP contribution in [0.1, 0.15) is 25.6 Å². The molecule has 0 saturated carbocycles. The van der Waals surface area contributed by atoms with Gasteiger partial charge in [0.15, 0.2) is 5.82 Å². The number of fused-ring (bicyclic) bond motifs is 1. The van der Waals surface area contributed by atoms with E-state index in [1.807, 2.05) is 6.07 Å². The van der Waals surface area contributed by atoms with Crippen LogP contribution in [0.15, 0.2) is 33.6 Å². The second kappa shape index (κ2) is 5.43. The first-order valence-corrected chi connectivity index (χ1v) is 6.77. The lowest BCUT2D eigenvalue weighted by Gasteiger charge is -2.01. The van der Waals surface area contributed by atoms with Gasteiger partial charge in [0.05, 0.1) is 5.39 Å². The molecule has 1 aromatic carbocycles. The van der Waals surface area contributed by atoms with Gasteiger partial charge in [0.2, 0.25) is 5.89 Å². The molecule has 0 aliphatic carbocycles. The maximum Gasteiger partial charge on any atom is 0.278 e. The Morgan fingerprint density at radius 3 is 2.90 bits per heavy atom. The third-order valence-corrected chi connectivity index (χ3v) is 3.02. The summed E-state index contributed by atoms with van der Waals surface area (Å²) in [6, 6.07) is 7.09. The van der Waals surface area contributed by atoms with E-state index in [1.54, 1.807) is 18.2 Å². The standard InChI is InChI=1S/C14H15N5O2/c1-9(2)7-12-15-13(21-17-12)8-19-14(20)10-5-3-4-6-11(10)16-18-19/h3-6,9H,7-8H2,1-2H3. The van der Waals surface area contributed by atoms with Crippen LogP contribution in [0.5, 0.6) is 0 Å². The van der Waals surface area contributed by atoms with E-state index in [0.717, 1.165) is 6.42 Å². The molecule has 7 heteroatoms. The molecule has 3 aromatic rings. The van der Waals surface area contributed by atoms with E-state index in [1.165, 1.54) is 4.68 Å². The van der Waals surface area contributed by atoms with E-state index < -0.39 is 0 Å². The summed E-state index contributed by atoms with van der Waals surface area (Å²) in [7, 11) is 0. The summed E-state index contributed by atoms with van der Waals surface area (Å²) in [6.07, 6.45) is 0.738. The fraction of sp³-hybridized carbons (Fsp3) is 0.357. The Kier molecular flexibility index (Phi) is 3.47. The molecule has 2 aromatic heterocycles. The molecule has 0 aliphatic heterocycles. The fourth-order valence-corrected chi connectivity index (χ4v) is 2.06. The zero-order valence-corrected chi connectivity index (χ0v) is 11.9. The molecule has 0 bridgehead atoms. The van der Waals surface area contributed by atoms with Gasteiger partial charge in [-0.1, -0.05) is 36.4 Å². The van der Waals surface area contributed by atoms with Crippen LogP contribution >= 0.6 is 0 Å². The van der Waals surface area contributed by atoms with Gasteiger partial charge in [-0.2, -0.15) is 4.98 Å². The third-order valence-electron chi connectivity index (χ3n) is 3.02. The maximum atomic E-state index is 12.3. The summed E-state index contributed by atoms with van der Waals surface area (Å²) in [4.78, 5) is 16.5. The van der Waals surface area contributed by atoms with Crippen molar-refractivity contribution in [3.8, 4) is 0 Å². The first kappa shape index (κ1) is 13.4. The summed E-state index contributed by atoms with van der Waals surface area (Å²) >= 11 is 0. The van der Waals surface area contributed by atoms with E-state index in [-0.39, 0.29) is 12.1 Å². The molecular formula is C14H15N5O2. The smallest absolute Gasteiger partial charge is 0.278 e. The van der Waals surface area contributed by atoms with Gasteiger partial charge in [0.1, 0.15) is 12.1 Å². The Bertz CT molecular complexity index is 821. The normalized spacial score (nSPS) is 11.4. The van der Waals surface area contributed by atoms with Gasteiger partial charge in [-0.3, -0.25) is 4.79 Å². The van der Waals surface area contributed by atoms with Gasteiger partial charge in [0.25, 0.3) is 5.56 Å². The van der Waals surface area contributed by atoms with Gasteiger partial charge in [-0.25, -0.2) is 4.68 Å². The van der Waals surface area contributed by atoms with Crippen molar-refractivity contribution in [3.05, 3.63) is 46.3 Å². The number of benzene rings is 1. The van der Waals surface area contributed by atoms with Crippen LogP contribution < -0.4 is 5.56 Å². The van der Waals surface area contributed by atoms with Crippen LogP contribution in [0.3, 0.4) is 0 Å². The van der Waals surface area contributed by atoms with Gasteiger partial charge in [-0.15, -0.1) is 5.10 Å². The van der Waals surface area contributed by atoms with Crippen LogP contribution in [0.4, 0.5) is 0 Å². The molecule has 0 amide bonds. The number of rotatable bonds is 4. The van der Waals surface area contributed by atoms with Gasteiger partial charge < -0.3 is 4.52 Å². The quantitative estimate of drug-likeness (QED) is 0.720. The van der Waals surface area contributed by atoms with E-state index in [4.69, 9.17) is 4.52 Å². The van der Waals surface area contributed by atoms with Crippen molar-refractivity contribution in [1.29, 1.82) is 0 Å². The van der Waals surface area contributed by atoms with E-state index in [9.17, 15) is 4.79 Å². The topological polar surface area (TPSA) is 86.7 Å². The van der Waals surface area contributed by atoms with Crippen molar-refractivity contribution < 1.29 is 4.52 Å². The minimum Gasteiger partial charge on any atom is -0.337 e. The van der Waals surface area contributed by atoms with Crippen LogP contribution in [0.2, 0.25) is 0 Å². The molecule has 0 atom stereocenters. The third kappa shape index (κ3) is 2.81. The SMILES string of the molecule is CC(C)Cc1noc(Cn2nnc3ccccc3c2=O)n1. The molecule has 0 N–H and O–H groups in total. The number of hydrogen-bond acceptors (Lipinski definition) is 6. The summed E-state index contributed by atoms with van der Waals surface area (Å²) in [5, 5.41) is 12.3. The lowest BCUT2D eigenvalue weighted by Crippen LogP contribution is -2.24. The van der Waals surface area contributed by atoms with E-state index >= 15 is 0 Å². The van der Waals surface area contributed by atoms with Gasteiger partial charge >= 0.3 is 0 Å². The Hall–Kier alpha value is -2.57. The fourth-order valence-electron chi connectivity index (χ4n) is 2.06. The monoisotopic (exact) mass is 285 g/mol. The highest BCUT2D eigenvalue weighted by molar-refractivity contribution is 5.76. The zero-order valence-electron chi connectivity index (χ0n) is 11.9. The zero-order chi connectivity index (χ0) is 14.8. The predicted molar refractivity (Wildman–Crippen MR) is 75.7 cm³/mol. The molecule has 0 unspecified atom stereocenters. The number of aromatic nitrogens is 5. The first-order valence-electron chi connectivity index (χ1n) is 6.77. The van der Waals surface area contributed by atoms with Crippen LogP contribution in [-0.2, 0) is 13.0 Å². The molecule has 3 rings (SSSR count). The van der Waals surface area contributed by atoms with Crippen molar-refractivity contribution in [2.45, 2.75) is 26.8 Å². The minimum absolute atomic E-state index is 0.127. The number of nitrogens with zero attached hydrogens (tertiary/aromatic N) is 5. The van der Waals surface area contributed by atoms with Gasteiger partial charge in [0, 0.05) is 6.42 Å². The Labute approximate surface area is 120 Å². The number of hydrogen-bond donors (Lipinski definition) is 0. The molecule has 0 saturated heterocycles. The van der Waals surface area contributed by atoms with Gasteiger partial charge in [-0.05, 0) is 18.1 Å². The van der Waals surface area contributed by atoms with Crippen molar-refractivity contribution in [1.82, 2.24) is 25.1 Å². The van der Waals surface area contributed by atoms with Crippen molar-refractivity contribution in [2.24, 2.45) is 5.92 Å². The molecule has 0 spiro atoms. The predicted octanol–water partition coefficient (Wildman–Crippen LogP) is 1.42. The largest absolute Gasteiger partial charge is 0.337 e. The molecule has 0 fully saturated rings. The minimum atomic E-state index is -0.218. The Morgan fingerprint density at radius 2 is 2.10 bits per heavy atom. The second-order valence-electron chi connectivity index (χ2n) is 5.27. The molecule has 7 nitrogen and oxygen atoms in total. The molecular weight excluding hydrogens is 270 g/mol. The Balaban J connectivity index is 1.89. The lowest BCUT2D eigenvalue weighted by molar-refractivity contribution is 0.355. The summed E-state index contributed by atoms with van der Waals surface area (Å²) in [6.45, 7) is 4.28. The van der Waals surface area contributed by atoms with E-state index in [0.29, 0.717) is 28.5 Å². The highest BCUT2D eigenvalue weighted by atomic mass is 16.5. The molecule has 0 aliphatic rings. The van der Waals surface area contributed by atoms with Crippen molar-refractivity contribution in [2.75, 3.05) is 0 Å². The van der Waals surface area contributed by atoms with Crippen LogP contribution in [-0.4, -0.2) is 25.1 Å². The molecule has 21 heavy (non-hydrogen) atoms. The molecule has 108 valence electrons. The lowest BCUT2D eigenvalue weighted by atomic mass is 10.1. The highest BCUT2D eigenvalue weighted by Crippen LogP contribution is 2.06. The Morgan fingerprint density at radius 1 is 1.29 bits per heavy atom. The molecule has 0 radical (unpaired) electrons. The average Bonchev–Trinajstić information content (AvgIpc) is 2.89. The summed E-state index contributed by atoms with van der Waals surface area (Å²) < 4.78 is 6.38. The van der Waals surface area contributed by atoms with Crippen LogP contribution in [0.25, 0.3) is 10.9 Å². The first-order chi connectivity index (χ1) is 10.1. The molecule has 2 heterocycles. The van der Waals surface area contributed by atoms with Crippen molar-refractivity contribution >= 4 is 10.9 Å². The average molecular weight is 285 g/mol. The van der Waals surface area contributed by atoms with Crippen LogP contribution in [0, 0.1) is 5.92 Å². The van der Waals surface area contributed by atoms with E-state index in [2.05, 4.69) is 34.3 Å². The maximum absolute atomic E-state index is 12.3. The van der Waals surface area contributed by atoms with Crippen molar-refractivity contribution in [3.63, 3.8) is 0 Å². The second-order valence-corrected chi connectivity index (χ2v) is 5.27. The summed E-state index contributed by atoms with van der Waals surface area (Å²) in [5.74, 6) is 1.44. The summed E-state index contributed by atoms with van der Waals surface area (Å²) in [5.41, 5.74) is 0.356. The highest BCUT2D eigenvalue weighted by Gasteiger charge is 2.11.